The van der Waals surface area contributed by atoms with Crippen LogP contribution < -0.4 is 10.1 Å². The molecule has 10 nitrogen and oxygen atoms in total. The fraction of sp³-hybridized carbons (Fsp3) is 0.333. The van der Waals surface area contributed by atoms with Gasteiger partial charge in [0.1, 0.15) is 18.0 Å². The molecule has 0 radical (unpaired) electrons. The van der Waals surface area contributed by atoms with Crippen molar-refractivity contribution in [2.75, 3.05) is 13.7 Å². The summed E-state index contributed by atoms with van der Waals surface area (Å²) in [6, 6.07) is 2.56. The van der Waals surface area contributed by atoms with E-state index < -0.39 is 52.4 Å². The van der Waals surface area contributed by atoms with E-state index >= 15 is 0 Å². The topological polar surface area (TPSA) is 119 Å². The van der Waals surface area contributed by atoms with Gasteiger partial charge >= 0.3 is 6.18 Å². The Kier molecular flexibility index (Phi) is 7.14. The lowest BCUT2D eigenvalue weighted by Gasteiger charge is -2.23. The van der Waals surface area contributed by atoms with Crippen LogP contribution >= 0.6 is 0 Å². The van der Waals surface area contributed by atoms with Crippen molar-refractivity contribution in [2.24, 2.45) is 0 Å². The van der Waals surface area contributed by atoms with E-state index in [1.54, 1.807) is 0 Å². The van der Waals surface area contributed by atoms with Crippen molar-refractivity contribution in [3.63, 3.8) is 0 Å². The number of nitrogens with zero attached hydrogens (tertiary/aromatic N) is 5. The zero-order valence-corrected chi connectivity index (χ0v) is 19.8. The van der Waals surface area contributed by atoms with Gasteiger partial charge in [0.05, 0.1) is 30.0 Å². The third-order valence-electron chi connectivity index (χ3n) is 5.49. The van der Waals surface area contributed by atoms with Crippen molar-refractivity contribution in [1.29, 1.82) is 0 Å². The molecule has 37 heavy (non-hydrogen) atoms. The second-order valence-corrected chi connectivity index (χ2v) is 9.85. The first-order valence-corrected chi connectivity index (χ1v) is 12.1. The van der Waals surface area contributed by atoms with Gasteiger partial charge < -0.3 is 10.1 Å². The van der Waals surface area contributed by atoms with Gasteiger partial charge in [-0.2, -0.15) is 17.5 Å². The molecule has 0 spiro atoms. The van der Waals surface area contributed by atoms with Crippen molar-refractivity contribution >= 4 is 15.9 Å². The normalized spacial score (nSPS) is 18.6. The largest absolute Gasteiger partial charge is 0.480 e. The number of halogens is 5. The van der Waals surface area contributed by atoms with Crippen LogP contribution in [0.4, 0.5) is 22.0 Å². The van der Waals surface area contributed by atoms with Gasteiger partial charge in [-0.3, -0.25) is 4.79 Å². The Bertz CT molecular complexity index is 1380. The molecule has 2 atom stereocenters. The van der Waals surface area contributed by atoms with Gasteiger partial charge in [0.2, 0.25) is 21.8 Å². The Morgan fingerprint density at radius 3 is 2.49 bits per heavy atom. The van der Waals surface area contributed by atoms with E-state index in [1.807, 2.05) is 0 Å². The van der Waals surface area contributed by atoms with Crippen LogP contribution in [0.1, 0.15) is 17.7 Å². The van der Waals surface area contributed by atoms with Gasteiger partial charge in [0, 0.05) is 25.7 Å². The predicted octanol–water partition coefficient (Wildman–Crippen LogP) is 2.25. The molecular formula is C21H19F5N6O4S. The Morgan fingerprint density at radius 2 is 1.89 bits per heavy atom. The van der Waals surface area contributed by atoms with Crippen molar-refractivity contribution in [1.82, 2.24) is 29.4 Å². The second kappa shape index (κ2) is 10.0. The first kappa shape index (κ1) is 26.4. The Balaban J connectivity index is 1.50. The van der Waals surface area contributed by atoms with Crippen molar-refractivity contribution in [3.05, 3.63) is 59.9 Å². The number of ether oxygens (including phenoxy) is 1. The van der Waals surface area contributed by atoms with E-state index in [4.69, 9.17) is 4.74 Å². The lowest BCUT2D eigenvalue weighted by atomic mass is 10.2. The number of carbonyl (C=O) groups is 1. The van der Waals surface area contributed by atoms with Crippen LogP contribution in [-0.2, 0) is 27.5 Å². The Hall–Kier alpha value is -3.66. The number of hydrogen-bond acceptors (Lipinski definition) is 7. The zero-order valence-electron chi connectivity index (χ0n) is 19.0. The number of hydrogen-bond donors (Lipinski definition) is 1. The Morgan fingerprint density at radius 1 is 1.19 bits per heavy atom. The minimum absolute atomic E-state index is 0.00702. The predicted molar refractivity (Wildman–Crippen MR) is 116 cm³/mol. The minimum atomic E-state index is -4.67. The number of rotatable bonds is 7. The summed E-state index contributed by atoms with van der Waals surface area (Å²) in [6.45, 7) is -0.778. The van der Waals surface area contributed by atoms with E-state index in [1.165, 1.54) is 13.3 Å². The molecular weight excluding hydrogens is 527 g/mol. The van der Waals surface area contributed by atoms with E-state index in [9.17, 15) is 35.2 Å². The molecule has 0 saturated carbocycles. The number of carbonyl (C=O) groups excluding carboxylic acids is 1. The molecule has 1 aromatic carbocycles. The molecule has 2 aromatic heterocycles. The quantitative estimate of drug-likeness (QED) is 0.452. The molecule has 1 aliphatic rings. The molecule has 0 aliphatic carbocycles. The molecule has 4 rings (SSSR count). The molecule has 1 aliphatic heterocycles. The molecule has 0 bridgehead atoms. The third-order valence-corrected chi connectivity index (χ3v) is 7.38. The summed E-state index contributed by atoms with van der Waals surface area (Å²) in [7, 11) is -3.02. The average Bonchev–Trinajstić information content (AvgIpc) is 3.46. The number of benzene rings is 1. The van der Waals surface area contributed by atoms with E-state index in [2.05, 4.69) is 20.4 Å². The van der Waals surface area contributed by atoms with Crippen molar-refractivity contribution < 1.29 is 39.9 Å². The van der Waals surface area contributed by atoms with Gasteiger partial charge in [0.25, 0.3) is 0 Å². The van der Waals surface area contributed by atoms with Gasteiger partial charge in [-0.25, -0.2) is 31.8 Å². The molecule has 1 saturated heterocycles. The third kappa shape index (κ3) is 5.53. The molecule has 16 heteroatoms. The summed E-state index contributed by atoms with van der Waals surface area (Å²) in [5.74, 6) is -1.51. The number of nitrogens with one attached hydrogen (secondary N) is 1. The maximum absolute atomic E-state index is 14.2. The summed E-state index contributed by atoms with van der Waals surface area (Å²) < 4.78 is 98.5. The maximum Gasteiger partial charge on any atom is 0.434 e. The summed E-state index contributed by atoms with van der Waals surface area (Å²) in [5.41, 5.74) is -0.911. The minimum Gasteiger partial charge on any atom is -0.480 e. The summed E-state index contributed by atoms with van der Waals surface area (Å²) >= 11 is 0. The van der Waals surface area contributed by atoms with Crippen LogP contribution in [0, 0.1) is 5.82 Å². The highest BCUT2D eigenvalue weighted by Crippen LogP contribution is 2.29. The molecule has 1 amide bonds. The average molecular weight is 546 g/mol. The number of methoxy groups -OCH3 is 1. The fourth-order valence-electron chi connectivity index (χ4n) is 3.69. The number of amides is 1. The molecule has 1 N–H and O–H groups in total. The molecule has 0 unspecified atom stereocenters. The second-order valence-electron chi connectivity index (χ2n) is 7.96. The smallest absolute Gasteiger partial charge is 0.434 e. The highest BCUT2D eigenvalue weighted by Gasteiger charge is 2.44. The van der Waals surface area contributed by atoms with E-state index in [-0.39, 0.29) is 35.1 Å². The maximum atomic E-state index is 14.2. The highest BCUT2D eigenvalue weighted by molar-refractivity contribution is 7.89. The molecule has 3 aromatic rings. The molecule has 1 fully saturated rings. The first-order chi connectivity index (χ1) is 17.4. The number of alkyl halides is 4. The summed E-state index contributed by atoms with van der Waals surface area (Å²) in [6.07, 6.45) is -3.93. The van der Waals surface area contributed by atoms with Gasteiger partial charge in [-0.15, -0.1) is 5.10 Å². The Labute approximate surface area is 207 Å². The first-order valence-electron chi connectivity index (χ1n) is 10.6. The summed E-state index contributed by atoms with van der Waals surface area (Å²) in [4.78, 5) is 19.6. The van der Waals surface area contributed by atoms with Crippen LogP contribution in [0.25, 0.3) is 5.82 Å². The summed E-state index contributed by atoms with van der Waals surface area (Å²) in [5, 5.41) is 6.54. The molecule has 198 valence electrons. The van der Waals surface area contributed by atoms with E-state index in [0.717, 1.165) is 39.4 Å². The lowest BCUT2D eigenvalue weighted by Crippen LogP contribution is -2.45. The van der Waals surface area contributed by atoms with Crippen LogP contribution in [0.15, 0.2) is 47.8 Å². The fourth-order valence-corrected chi connectivity index (χ4v) is 5.32. The number of sulfonamides is 1. The van der Waals surface area contributed by atoms with Crippen LogP contribution in [0.5, 0.6) is 5.88 Å². The number of aromatic nitrogens is 4. The van der Waals surface area contributed by atoms with Gasteiger partial charge in [-0.1, -0.05) is 0 Å². The van der Waals surface area contributed by atoms with E-state index in [0.29, 0.717) is 6.20 Å². The highest BCUT2D eigenvalue weighted by atomic mass is 32.2. The van der Waals surface area contributed by atoms with Crippen molar-refractivity contribution in [2.45, 2.75) is 36.3 Å². The van der Waals surface area contributed by atoms with Crippen LogP contribution in [0.2, 0.25) is 0 Å². The lowest BCUT2D eigenvalue weighted by molar-refractivity contribution is -0.141. The molecule has 3 heterocycles. The van der Waals surface area contributed by atoms with Gasteiger partial charge in [0.15, 0.2) is 11.5 Å². The standard InChI is InChI=1S/C21H19F5N6O4S/c1-36-20-12(10-31(30-20)18-9-27-17(8-28-18)21(24,25)26)7-29-19(33)16-6-14(23)11-32(16)37(34,35)15-4-2-13(22)3-5-15/h2-5,8-10,14,16H,6-7,11H2,1H3,(H,29,33)/t14-,16+/m1/s1. The zero-order chi connectivity index (χ0) is 27.0. The van der Waals surface area contributed by atoms with Gasteiger partial charge in [-0.05, 0) is 24.3 Å². The monoisotopic (exact) mass is 546 g/mol. The SMILES string of the molecule is COc1nn(-c2cnc(C(F)(F)F)cn2)cc1CNC(=O)[C@@H]1C[C@@H](F)CN1S(=O)(=O)c1ccc(F)cc1. The van der Waals surface area contributed by atoms with Crippen LogP contribution in [-0.4, -0.2) is 64.2 Å². The van der Waals surface area contributed by atoms with Crippen molar-refractivity contribution in [3.8, 4) is 11.7 Å². The van der Waals surface area contributed by atoms with Crippen LogP contribution in [0.3, 0.4) is 0 Å².